The molecule has 130 valence electrons. The summed E-state index contributed by atoms with van der Waals surface area (Å²) in [5.41, 5.74) is 1.39. The Morgan fingerprint density at radius 1 is 1.16 bits per heavy atom. The van der Waals surface area contributed by atoms with Crippen LogP contribution in [0.5, 0.6) is 5.75 Å². The Balaban J connectivity index is 0.00000312. The first-order valence-electron chi connectivity index (χ1n) is 8.01. The van der Waals surface area contributed by atoms with Crippen LogP contribution in [0.25, 0.3) is 0 Å². The molecule has 2 aromatic carbocycles. The maximum Gasteiger partial charge on any atom is 1.00 e. The van der Waals surface area contributed by atoms with Crippen LogP contribution in [0, 0.1) is 6.92 Å². The van der Waals surface area contributed by atoms with Crippen LogP contribution in [-0.2, 0) is 0 Å². The van der Waals surface area contributed by atoms with Crippen LogP contribution >= 0.6 is 31.8 Å². The van der Waals surface area contributed by atoms with E-state index in [-0.39, 0.29) is 34.4 Å². The van der Waals surface area contributed by atoms with Crippen molar-refractivity contribution in [1.29, 1.82) is 0 Å². The fraction of sp³-hybridized carbons (Fsp3) is 0.316. The fourth-order valence-electron chi connectivity index (χ4n) is 2.31. The summed E-state index contributed by atoms with van der Waals surface area (Å²) in [5.74, 6) is 0.848. The first-order valence-corrected chi connectivity index (χ1v) is 9.77. The van der Waals surface area contributed by atoms with Gasteiger partial charge < -0.3 is 6.16 Å². The van der Waals surface area contributed by atoms with Crippen LogP contribution in [0.2, 0.25) is 10.0 Å². The van der Waals surface area contributed by atoms with E-state index in [1.807, 2.05) is 25.1 Å². The van der Waals surface area contributed by atoms with Gasteiger partial charge in [0.2, 0.25) is 0 Å². The van der Waals surface area contributed by atoms with E-state index in [1.165, 1.54) is 12.8 Å². The van der Waals surface area contributed by atoms with Crippen LogP contribution in [0.15, 0.2) is 36.4 Å². The number of unbranched alkanes of at least 4 members (excludes halogenated alkanes) is 2. The second-order valence-electron chi connectivity index (χ2n) is 5.58. The third kappa shape index (κ3) is 6.63. The number of aryl methyl sites for hydroxylation is 1. The zero-order chi connectivity index (χ0) is 17.5. The Kier molecular flexibility index (Phi) is 10.2. The van der Waals surface area contributed by atoms with Crippen molar-refractivity contribution in [1.82, 2.24) is 0 Å². The summed E-state index contributed by atoms with van der Waals surface area (Å²) in [6.07, 6.45) is 3.41. The molecule has 2 nitrogen and oxygen atoms in total. The summed E-state index contributed by atoms with van der Waals surface area (Å²) in [4.78, 5) is 12.5. The van der Waals surface area contributed by atoms with Gasteiger partial charge in [-0.1, -0.05) is 55.1 Å². The third-order valence-corrected chi connectivity index (χ3v) is 5.59. The van der Waals surface area contributed by atoms with E-state index in [4.69, 9.17) is 27.9 Å². The van der Waals surface area contributed by atoms with Gasteiger partial charge in [0.15, 0.2) is 5.52 Å². The van der Waals surface area contributed by atoms with Gasteiger partial charge in [-0.25, -0.2) is 0 Å². The van der Waals surface area contributed by atoms with Crippen LogP contribution in [0.4, 0.5) is 0 Å². The van der Waals surface area contributed by atoms with Crippen molar-refractivity contribution in [2.75, 3.05) is 6.61 Å². The standard InChI is InChI=1S/C19H21Cl2O2P.Li.H/c1-3-4-5-11-23-14-9-10-17(13(2)12-14)24-19(22)18-15(20)7-6-8-16(18)21;;/h6-10,12,24H,3-5,11H2,1-2H3;;/q;+1;-1. The molecule has 1 unspecified atom stereocenters. The first-order chi connectivity index (χ1) is 11.5. The molecule has 0 aliphatic heterocycles. The maximum atomic E-state index is 12.5. The second kappa shape index (κ2) is 11.3. The number of rotatable bonds is 8. The minimum absolute atomic E-state index is 0. The molecule has 0 heterocycles. The zero-order valence-electron chi connectivity index (χ0n) is 15.9. The molecule has 0 N–H and O–H groups in total. The van der Waals surface area contributed by atoms with Crippen LogP contribution in [-0.4, -0.2) is 12.1 Å². The van der Waals surface area contributed by atoms with Crippen molar-refractivity contribution in [3.8, 4) is 5.75 Å². The van der Waals surface area contributed by atoms with E-state index in [0.29, 0.717) is 15.6 Å². The maximum absolute atomic E-state index is 12.5. The number of ether oxygens (including phenoxy) is 1. The summed E-state index contributed by atoms with van der Waals surface area (Å²) >= 11 is 12.2. The van der Waals surface area contributed by atoms with Crippen LogP contribution in [0.3, 0.4) is 0 Å². The molecular formula is C19H22Cl2LiO2P. The smallest absolute Gasteiger partial charge is 1.00 e. The Hall–Kier alpha value is -0.483. The van der Waals surface area contributed by atoms with E-state index in [1.54, 1.807) is 18.2 Å². The summed E-state index contributed by atoms with van der Waals surface area (Å²) in [7, 11) is -0.0173. The largest absolute Gasteiger partial charge is 1.00 e. The van der Waals surface area contributed by atoms with Gasteiger partial charge in [0, 0.05) is 0 Å². The number of benzene rings is 2. The number of carbonyl (C=O) groups is 1. The number of halogens is 2. The number of hydrogen-bond acceptors (Lipinski definition) is 2. The average Bonchev–Trinajstić information content (AvgIpc) is 2.54. The normalized spacial score (nSPS) is 10.7. The van der Waals surface area contributed by atoms with Gasteiger partial charge in [0.1, 0.15) is 5.75 Å². The average molecular weight is 391 g/mol. The molecule has 0 bridgehead atoms. The molecule has 0 spiro atoms. The summed E-state index contributed by atoms with van der Waals surface area (Å²) in [6, 6.07) is 11.0. The fourth-order valence-corrected chi connectivity index (χ4v) is 4.11. The third-order valence-electron chi connectivity index (χ3n) is 3.65. The Bertz CT molecular complexity index is 708. The molecule has 0 saturated carbocycles. The number of hydrogen-bond donors (Lipinski definition) is 0. The molecule has 0 aliphatic carbocycles. The van der Waals surface area contributed by atoms with Gasteiger partial charge in [-0.2, -0.15) is 0 Å². The molecule has 6 heteroatoms. The molecule has 0 aromatic heterocycles. The van der Waals surface area contributed by atoms with Crippen LogP contribution < -0.4 is 28.9 Å². The predicted octanol–water partition coefficient (Wildman–Crippen LogP) is 3.13. The Labute approximate surface area is 175 Å². The monoisotopic (exact) mass is 390 g/mol. The summed E-state index contributed by atoms with van der Waals surface area (Å²) in [6.45, 7) is 4.88. The molecule has 0 fully saturated rings. The zero-order valence-corrected chi connectivity index (χ0v) is 17.4. The summed E-state index contributed by atoms with van der Waals surface area (Å²) < 4.78 is 5.75. The first kappa shape index (κ1) is 22.6. The van der Waals surface area contributed by atoms with Gasteiger partial charge >= 0.3 is 18.9 Å². The van der Waals surface area contributed by atoms with Gasteiger partial charge in [0.05, 0.1) is 22.2 Å². The second-order valence-corrected chi connectivity index (χ2v) is 7.64. The summed E-state index contributed by atoms with van der Waals surface area (Å²) in [5, 5.41) is 1.78. The molecule has 1 atom stereocenters. The molecular weight excluding hydrogens is 369 g/mol. The van der Waals surface area contributed by atoms with E-state index in [2.05, 4.69) is 6.92 Å². The molecule has 0 aliphatic rings. The molecule has 0 saturated heterocycles. The minimum Gasteiger partial charge on any atom is -1.00 e. The van der Waals surface area contributed by atoms with E-state index in [9.17, 15) is 4.79 Å². The van der Waals surface area contributed by atoms with Gasteiger partial charge in [-0.3, -0.25) is 4.79 Å². The van der Waals surface area contributed by atoms with E-state index >= 15 is 0 Å². The van der Waals surface area contributed by atoms with Crippen molar-refractivity contribution < 1.29 is 29.8 Å². The molecule has 0 radical (unpaired) electrons. The molecule has 2 aromatic rings. The quantitative estimate of drug-likeness (QED) is 0.393. The Morgan fingerprint density at radius 3 is 2.44 bits per heavy atom. The predicted molar refractivity (Wildman–Crippen MR) is 106 cm³/mol. The molecule has 2 rings (SSSR count). The van der Waals surface area contributed by atoms with Crippen molar-refractivity contribution in [2.24, 2.45) is 0 Å². The van der Waals surface area contributed by atoms with E-state index < -0.39 is 0 Å². The van der Waals surface area contributed by atoms with Crippen molar-refractivity contribution in [2.45, 2.75) is 33.1 Å². The minimum atomic E-state index is -0.0506. The van der Waals surface area contributed by atoms with Gasteiger partial charge in [-0.15, -0.1) is 0 Å². The van der Waals surface area contributed by atoms with Crippen molar-refractivity contribution >= 4 is 42.6 Å². The van der Waals surface area contributed by atoms with Crippen LogP contribution in [0.1, 0.15) is 43.5 Å². The van der Waals surface area contributed by atoms with Gasteiger partial charge in [-0.05, 0) is 57.1 Å². The van der Waals surface area contributed by atoms with Gasteiger partial charge in [0.25, 0.3) is 0 Å². The molecule has 25 heavy (non-hydrogen) atoms. The SMILES string of the molecule is CCCCCOc1ccc(PC(=O)c2c(Cl)cccc2Cl)c(C)c1.[H-].[Li+]. The molecule has 0 amide bonds. The van der Waals surface area contributed by atoms with E-state index in [0.717, 1.165) is 29.6 Å². The number of carbonyl (C=O) groups excluding carboxylic acids is 1. The van der Waals surface area contributed by atoms with Crippen molar-refractivity contribution in [3.63, 3.8) is 0 Å². The topological polar surface area (TPSA) is 26.3 Å². The van der Waals surface area contributed by atoms with Crippen molar-refractivity contribution in [3.05, 3.63) is 57.6 Å². The Morgan fingerprint density at radius 2 is 1.84 bits per heavy atom.